The van der Waals surface area contributed by atoms with Crippen molar-refractivity contribution in [3.05, 3.63) is 26.9 Å². The lowest BCUT2D eigenvalue weighted by Gasteiger charge is -2.21. The highest BCUT2D eigenvalue weighted by Gasteiger charge is 2.20. The summed E-state index contributed by atoms with van der Waals surface area (Å²) in [6.07, 6.45) is 2.03. The predicted octanol–water partition coefficient (Wildman–Crippen LogP) is 2.57. The standard InChI is InChI=1S/C11H16BrN3O3/c1-7(2)9(3-4-16)14-11-10(15(17)18)5-8(12)6-13-11/h5-7,9,16H,3-4H2,1-2H3,(H,13,14). The first kappa shape index (κ1) is 14.8. The van der Waals surface area contributed by atoms with Crippen molar-refractivity contribution >= 4 is 27.4 Å². The maximum atomic E-state index is 10.9. The van der Waals surface area contributed by atoms with Crippen LogP contribution < -0.4 is 5.32 Å². The third kappa shape index (κ3) is 3.92. The number of hydrogen-bond acceptors (Lipinski definition) is 5. The van der Waals surface area contributed by atoms with E-state index in [9.17, 15) is 10.1 Å². The molecule has 6 nitrogen and oxygen atoms in total. The number of rotatable bonds is 6. The molecule has 0 aromatic carbocycles. The van der Waals surface area contributed by atoms with Crippen molar-refractivity contribution in [1.82, 2.24) is 4.98 Å². The molecule has 1 aromatic rings. The summed E-state index contributed by atoms with van der Waals surface area (Å²) >= 11 is 3.16. The normalized spacial score (nSPS) is 12.5. The van der Waals surface area contributed by atoms with Gasteiger partial charge in [-0.25, -0.2) is 4.98 Å². The maximum absolute atomic E-state index is 10.9. The molecule has 0 amide bonds. The average molecular weight is 318 g/mol. The van der Waals surface area contributed by atoms with Gasteiger partial charge in [0.05, 0.1) is 4.92 Å². The van der Waals surface area contributed by atoms with Gasteiger partial charge in [-0.1, -0.05) is 13.8 Å². The highest BCUT2D eigenvalue weighted by Crippen LogP contribution is 2.27. The number of pyridine rings is 1. The van der Waals surface area contributed by atoms with Gasteiger partial charge in [-0.2, -0.15) is 0 Å². The molecule has 0 bridgehead atoms. The van der Waals surface area contributed by atoms with Gasteiger partial charge in [0.2, 0.25) is 5.82 Å². The van der Waals surface area contributed by atoms with Gasteiger partial charge < -0.3 is 10.4 Å². The highest BCUT2D eigenvalue weighted by atomic mass is 79.9. The van der Waals surface area contributed by atoms with Crippen LogP contribution in [-0.4, -0.2) is 27.7 Å². The van der Waals surface area contributed by atoms with E-state index in [-0.39, 0.29) is 30.1 Å². The van der Waals surface area contributed by atoms with E-state index in [1.54, 1.807) is 0 Å². The Morgan fingerprint density at radius 3 is 2.78 bits per heavy atom. The molecule has 0 aliphatic carbocycles. The number of nitrogens with one attached hydrogen (secondary N) is 1. The van der Waals surface area contributed by atoms with Crippen molar-refractivity contribution in [1.29, 1.82) is 0 Å². The van der Waals surface area contributed by atoms with Crippen LogP contribution in [0.4, 0.5) is 11.5 Å². The van der Waals surface area contributed by atoms with E-state index < -0.39 is 4.92 Å². The molecule has 0 saturated carbocycles. The topological polar surface area (TPSA) is 88.3 Å². The number of nitro groups is 1. The first-order valence-corrected chi connectivity index (χ1v) is 6.42. The number of anilines is 1. The summed E-state index contributed by atoms with van der Waals surface area (Å²) in [4.78, 5) is 14.5. The Bertz CT molecular complexity index is 426. The van der Waals surface area contributed by atoms with Crippen LogP contribution in [0.15, 0.2) is 16.7 Å². The first-order chi connectivity index (χ1) is 8.45. The second-order valence-corrected chi connectivity index (χ2v) is 5.20. The Morgan fingerprint density at radius 2 is 2.28 bits per heavy atom. The van der Waals surface area contributed by atoms with E-state index in [0.29, 0.717) is 10.9 Å². The summed E-state index contributed by atoms with van der Waals surface area (Å²) in [5, 5.41) is 22.9. The lowest BCUT2D eigenvalue weighted by atomic mass is 10.0. The van der Waals surface area contributed by atoms with Gasteiger partial charge in [0.15, 0.2) is 0 Å². The number of halogens is 1. The van der Waals surface area contributed by atoms with Crippen LogP contribution >= 0.6 is 15.9 Å². The molecule has 2 N–H and O–H groups in total. The van der Waals surface area contributed by atoms with Crippen molar-refractivity contribution in [2.45, 2.75) is 26.3 Å². The SMILES string of the molecule is CC(C)C(CCO)Nc1ncc(Br)cc1[N+](=O)[O-]. The fraction of sp³-hybridized carbons (Fsp3) is 0.545. The van der Waals surface area contributed by atoms with Gasteiger partial charge in [-0.15, -0.1) is 0 Å². The minimum absolute atomic E-state index is 0.0279. The molecule has 0 fully saturated rings. The number of aliphatic hydroxyl groups excluding tert-OH is 1. The lowest BCUT2D eigenvalue weighted by Crippen LogP contribution is -2.27. The molecule has 0 aliphatic rings. The average Bonchev–Trinajstić information content (AvgIpc) is 2.30. The second-order valence-electron chi connectivity index (χ2n) is 4.29. The van der Waals surface area contributed by atoms with E-state index in [1.807, 2.05) is 13.8 Å². The summed E-state index contributed by atoms with van der Waals surface area (Å²) in [5.74, 6) is 0.470. The van der Waals surface area contributed by atoms with Crippen molar-refractivity contribution in [3.63, 3.8) is 0 Å². The molecular formula is C11H16BrN3O3. The van der Waals surface area contributed by atoms with E-state index >= 15 is 0 Å². The van der Waals surface area contributed by atoms with E-state index in [4.69, 9.17) is 5.11 Å². The summed E-state index contributed by atoms with van der Waals surface area (Å²) in [7, 11) is 0. The van der Waals surface area contributed by atoms with Crippen LogP contribution in [0.25, 0.3) is 0 Å². The van der Waals surface area contributed by atoms with Crippen LogP contribution in [0.5, 0.6) is 0 Å². The maximum Gasteiger partial charge on any atom is 0.312 e. The number of hydrogen-bond donors (Lipinski definition) is 2. The Balaban J connectivity index is 2.98. The third-order valence-corrected chi connectivity index (χ3v) is 3.03. The van der Waals surface area contributed by atoms with Crippen LogP contribution in [0.3, 0.4) is 0 Å². The molecular weight excluding hydrogens is 302 g/mol. The molecule has 1 aromatic heterocycles. The van der Waals surface area contributed by atoms with Gasteiger partial charge in [0.1, 0.15) is 0 Å². The molecule has 1 atom stereocenters. The molecule has 100 valence electrons. The van der Waals surface area contributed by atoms with Gasteiger partial charge in [0, 0.05) is 29.4 Å². The number of nitrogens with zero attached hydrogens (tertiary/aromatic N) is 2. The van der Waals surface area contributed by atoms with Crippen molar-refractivity contribution in [3.8, 4) is 0 Å². The van der Waals surface area contributed by atoms with E-state index in [0.717, 1.165) is 0 Å². The van der Waals surface area contributed by atoms with Crippen LogP contribution in [0.2, 0.25) is 0 Å². The largest absolute Gasteiger partial charge is 0.396 e. The highest BCUT2D eigenvalue weighted by molar-refractivity contribution is 9.10. The molecule has 0 aliphatic heterocycles. The second kappa shape index (κ2) is 6.65. The van der Waals surface area contributed by atoms with Crippen molar-refractivity contribution < 1.29 is 10.0 Å². The van der Waals surface area contributed by atoms with Gasteiger partial charge >= 0.3 is 5.69 Å². The van der Waals surface area contributed by atoms with Gasteiger partial charge in [-0.05, 0) is 28.3 Å². The number of aliphatic hydroxyl groups is 1. The Kier molecular flexibility index (Phi) is 5.49. The fourth-order valence-corrected chi connectivity index (χ4v) is 1.89. The van der Waals surface area contributed by atoms with E-state index in [2.05, 4.69) is 26.2 Å². The van der Waals surface area contributed by atoms with Crippen molar-refractivity contribution in [2.24, 2.45) is 5.92 Å². The zero-order chi connectivity index (χ0) is 13.7. The lowest BCUT2D eigenvalue weighted by molar-refractivity contribution is -0.384. The molecule has 18 heavy (non-hydrogen) atoms. The quantitative estimate of drug-likeness (QED) is 0.622. The predicted molar refractivity (Wildman–Crippen MR) is 72.5 cm³/mol. The molecule has 0 radical (unpaired) electrons. The molecule has 1 rings (SSSR count). The molecule has 7 heteroatoms. The minimum Gasteiger partial charge on any atom is -0.396 e. The number of aromatic nitrogens is 1. The summed E-state index contributed by atoms with van der Waals surface area (Å²) in [6.45, 7) is 4.00. The molecule has 1 heterocycles. The van der Waals surface area contributed by atoms with Gasteiger partial charge in [-0.3, -0.25) is 10.1 Å². The summed E-state index contributed by atoms with van der Waals surface area (Å²) in [6, 6.07) is 1.36. The van der Waals surface area contributed by atoms with Crippen molar-refractivity contribution in [2.75, 3.05) is 11.9 Å². The van der Waals surface area contributed by atoms with E-state index in [1.165, 1.54) is 12.3 Å². The summed E-state index contributed by atoms with van der Waals surface area (Å²) in [5.41, 5.74) is -0.0760. The Labute approximate surface area is 114 Å². The zero-order valence-corrected chi connectivity index (χ0v) is 11.8. The van der Waals surface area contributed by atoms with Gasteiger partial charge in [0.25, 0.3) is 0 Å². The fourth-order valence-electron chi connectivity index (χ4n) is 1.57. The minimum atomic E-state index is -0.476. The molecule has 0 spiro atoms. The molecule has 0 saturated heterocycles. The first-order valence-electron chi connectivity index (χ1n) is 5.63. The summed E-state index contributed by atoms with van der Waals surface area (Å²) < 4.78 is 0.558. The van der Waals surface area contributed by atoms with Crippen LogP contribution in [0, 0.1) is 16.0 Å². The Hall–Kier alpha value is -1.21. The monoisotopic (exact) mass is 317 g/mol. The van der Waals surface area contributed by atoms with Crippen LogP contribution in [0.1, 0.15) is 20.3 Å². The smallest absolute Gasteiger partial charge is 0.312 e. The van der Waals surface area contributed by atoms with Crippen LogP contribution in [-0.2, 0) is 0 Å². The third-order valence-electron chi connectivity index (χ3n) is 2.60. The zero-order valence-electron chi connectivity index (χ0n) is 10.3. The molecule has 1 unspecified atom stereocenters. The Morgan fingerprint density at radius 1 is 1.61 bits per heavy atom.